The lowest BCUT2D eigenvalue weighted by molar-refractivity contribution is 0.102. The van der Waals surface area contributed by atoms with Gasteiger partial charge in [-0.15, -0.1) is 11.3 Å². The number of thiophene rings is 1. The molecule has 0 aliphatic rings. The number of carbonyl (C=O) groups excluding carboxylic acids is 1. The van der Waals surface area contributed by atoms with E-state index in [1.54, 1.807) is 7.11 Å². The number of hydrogen-bond acceptors (Lipinski definition) is 4. The topological polar surface area (TPSA) is 43.4 Å². The van der Waals surface area contributed by atoms with Crippen LogP contribution in [0.3, 0.4) is 0 Å². The maximum absolute atomic E-state index is 11.8. The van der Waals surface area contributed by atoms with Gasteiger partial charge >= 0.3 is 0 Å². The first kappa shape index (κ1) is 12.3. The predicted octanol–water partition coefficient (Wildman–Crippen LogP) is 2.47. The summed E-state index contributed by atoms with van der Waals surface area (Å²) in [4.78, 5) is 12.4. The maximum Gasteiger partial charge on any atom is 0.185 e. The summed E-state index contributed by atoms with van der Waals surface area (Å²) in [7, 11) is 0.520. The van der Waals surface area contributed by atoms with Crippen LogP contribution in [0.25, 0.3) is 10.1 Å². The summed E-state index contributed by atoms with van der Waals surface area (Å²) >= 11 is 1.43. The largest absolute Gasteiger partial charge is 0.497 e. The Labute approximate surface area is 106 Å². The summed E-state index contributed by atoms with van der Waals surface area (Å²) < 4.78 is 17.2. The third kappa shape index (κ3) is 2.73. The van der Waals surface area contributed by atoms with E-state index < -0.39 is 10.8 Å². The predicted molar refractivity (Wildman–Crippen MR) is 71.6 cm³/mol. The number of methoxy groups -OCH3 is 1. The molecule has 2 rings (SSSR count). The van der Waals surface area contributed by atoms with Gasteiger partial charge in [0.1, 0.15) is 5.75 Å². The second kappa shape index (κ2) is 4.98. The number of rotatable bonds is 4. The van der Waals surface area contributed by atoms with Crippen LogP contribution in [0.2, 0.25) is 0 Å². The van der Waals surface area contributed by atoms with Crippen molar-refractivity contribution in [1.29, 1.82) is 0 Å². The zero-order valence-corrected chi connectivity index (χ0v) is 11.2. The number of hydrogen-bond donors (Lipinski definition) is 0. The molecule has 3 nitrogen and oxygen atoms in total. The Morgan fingerprint density at radius 2 is 2.18 bits per heavy atom. The van der Waals surface area contributed by atoms with Crippen molar-refractivity contribution >= 4 is 38.0 Å². The van der Waals surface area contributed by atoms with Crippen LogP contribution in [0, 0.1) is 0 Å². The Morgan fingerprint density at radius 1 is 1.41 bits per heavy atom. The lowest BCUT2D eigenvalue weighted by Crippen LogP contribution is -2.07. The van der Waals surface area contributed by atoms with Gasteiger partial charge in [0.05, 0.1) is 17.7 Å². The van der Waals surface area contributed by atoms with Crippen LogP contribution in [0.1, 0.15) is 9.67 Å². The zero-order valence-electron chi connectivity index (χ0n) is 9.56. The molecular formula is C12H12O3S2. The van der Waals surface area contributed by atoms with Gasteiger partial charge in [0, 0.05) is 21.8 Å². The summed E-state index contributed by atoms with van der Waals surface area (Å²) in [5.41, 5.74) is 0. The molecule has 1 aromatic heterocycles. The van der Waals surface area contributed by atoms with Gasteiger partial charge in [-0.25, -0.2) is 0 Å². The minimum atomic E-state index is -1.09. The fraction of sp³-hybridized carbons (Fsp3) is 0.250. The van der Waals surface area contributed by atoms with Crippen LogP contribution >= 0.6 is 11.3 Å². The molecule has 1 aromatic carbocycles. The van der Waals surface area contributed by atoms with Crippen LogP contribution in [-0.4, -0.2) is 29.1 Å². The second-order valence-corrected chi connectivity index (χ2v) is 6.17. The summed E-state index contributed by atoms with van der Waals surface area (Å²) in [6, 6.07) is 7.52. The molecular weight excluding hydrogens is 256 g/mol. The lowest BCUT2D eigenvalue weighted by atomic mass is 10.2. The molecule has 0 spiro atoms. The zero-order chi connectivity index (χ0) is 12.4. The van der Waals surface area contributed by atoms with Crippen molar-refractivity contribution in [2.24, 2.45) is 0 Å². The van der Waals surface area contributed by atoms with Crippen molar-refractivity contribution in [3.63, 3.8) is 0 Å². The molecule has 0 bridgehead atoms. The van der Waals surface area contributed by atoms with E-state index in [0.29, 0.717) is 4.88 Å². The van der Waals surface area contributed by atoms with Gasteiger partial charge in [-0.1, -0.05) is 0 Å². The molecule has 0 fully saturated rings. The first-order valence-electron chi connectivity index (χ1n) is 5.01. The standard InChI is InChI=1S/C12H12O3S2/c1-15-9-3-4-11-8(5-9)6-12(16-11)10(13)7-17(2)14/h3-6H,7H2,1-2H3. The number of ether oxygens (including phenoxy) is 1. The van der Waals surface area contributed by atoms with Crippen LogP contribution in [0.15, 0.2) is 24.3 Å². The molecule has 90 valence electrons. The van der Waals surface area contributed by atoms with Crippen molar-refractivity contribution in [2.45, 2.75) is 0 Å². The Balaban J connectivity index is 2.37. The highest BCUT2D eigenvalue weighted by molar-refractivity contribution is 7.85. The Hall–Kier alpha value is -1.20. The van der Waals surface area contributed by atoms with E-state index in [1.807, 2.05) is 24.3 Å². The molecule has 2 aromatic rings. The number of fused-ring (bicyclic) bond motifs is 1. The highest BCUT2D eigenvalue weighted by Gasteiger charge is 2.12. The number of benzene rings is 1. The lowest BCUT2D eigenvalue weighted by Gasteiger charge is -1.97. The van der Waals surface area contributed by atoms with Gasteiger partial charge in [0.15, 0.2) is 5.78 Å². The van der Waals surface area contributed by atoms with Crippen molar-refractivity contribution in [3.8, 4) is 5.75 Å². The van der Waals surface area contributed by atoms with Crippen molar-refractivity contribution in [2.75, 3.05) is 19.1 Å². The molecule has 0 aliphatic heterocycles. The third-order valence-electron chi connectivity index (χ3n) is 2.33. The van der Waals surface area contributed by atoms with Gasteiger partial charge in [-0.05, 0) is 29.7 Å². The fourth-order valence-electron chi connectivity index (χ4n) is 1.54. The summed E-state index contributed by atoms with van der Waals surface area (Å²) in [6.07, 6.45) is 1.54. The molecule has 1 atom stereocenters. The molecule has 0 saturated carbocycles. The van der Waals surface area contributed by atoms with Crippen LogP contribution < -0.4 is 4.74 Å². The molecule has 5 heteroatoms. The minimum absolute atomic E-state index is 0.0639. The molecule has 17 heavy (non-hydrogen) atoms. The fourth-order valence-corrected chi connectivity index (χ4v) is 3.14. The first-order chi connectivity index (χ1) is 8.10. The van der Waals surface area contributed by atoms with Crippen LogP contribution in [-0.2, 0) is 10.8 Å². The summed E-state index contributed by atoms with van der Waals surface area (Å²) in [6.45, 7) is 0. The maximum atomic E-state index is 11.8. The first-order valence-corrected chi connectivity index (χ1v) is 7.55. The van der Waals surface area contributed by atoms with Gasteiger partial charge in [-0.3, -0.25) is 9.00 Å². The molecule has 0 radical (unpaired) electrons. The summed E-state index contributed by atoms with van der Waals surface area (Å²) in [5.74, 6) is 0.795. The van der Waals surface area contributed by atoms with Gasteiger partial charge in [-0.2, -0.15) is 0 Å². The van der Waals surface area contributed by atoms with Crippen LogP contribution in [0.4, 0.5) is 0 Å². The quantitative estimate of drug-likeness (QED) is 0.800. The molecule has 0 amide bonds. The molecule has 1 unspecified atom stereocenters. The highest BCUT2D eigenvalue weighted by atomic mass is 32.2. The van der Waals surface area contributed by atoms with Crippen molar-refractivity contribution in [3.05, 3.63) is 29.1 Å². The van der Waals surface area contributed by atoms with E-state index in [4.69, 9.17) is 4.74 Å². The van der Waals surface area contributed by atoms with Crippen molar-refractivity contribution in [1.82, 2.24) is 0 Å². The number of carbonyl (C=O) groups is 1. The Kier molecular flexibility index (Phi) is 3.59. The Morgan fingerprint density at radius 3 is 2.82 bits per heavy atom. The number of ketones is 1. The monoisotopic (exact) mass is 268 g/mol. The van der Waals surface area contributed by atoms with Gasteiger partial charge in [0.2, 0.25) is 0 Å². The molecule has 0 aliphatic carbocycles. The molecule has 1 heterocycles. The normalized spacial score (nSPS) is 12.6. The van der Waals surface area contributed by atoms with E-state index in [2.05, 4.69) is 0 Å². The van der Waals surface area contributed by atoms with E-state index in [9.17, 15) is 9.00 Å². The average molecular weight is 268 g/mol. The van der Waals surface area contributed by atoms with E-state index in [0.717, 1.165) is 15.8 Å². The van der Waals surface area contributed by atoms with E-state index >= 15 is 0 Å². The highest BCUT2D eigenvalue weighted by Crippen LogP contribution is 2.29. The average Bonchev–Trinajstić information content (AvgIpc) is 2.70. The molecule has 0 saturated heterocycles. The number of Topliss-reactive ketones (excluding diaryl/α,β-unsaturated/α-hetero) is 1. The van der Waals surface area contributed by atoms with Gasteiger partial charge in [0.25, 0.3) is 0 Å². The second-order valence-electron chi connectivity index (χ2n) is 3.66. The van der Waals surface area contributed by atoms with Crippen molar-refractivity contribution < 1.29 is 13.7 Å². The van der Waals surface area contributed by atoms with Crippen LogP contribution in [0.5, 0.6) is 5.75 Å². The third-order valence-corrected chi connectivity index (χ3v) is 4.16. The van der Waals surface area contributed by atoms with E-state index in [1.165, 1.54) is 17.6 Å². The van der Waals surface area contributed by atoms with Gasteiger partial charge < -0.3 is 4.74 Å². The van der Waals surface area contributed by atoms with E-state index in [-0.39, 0.29) is 11.5 Å². The summed E-state index contributed by atoms with van der Waals surface area (Å²) in [5, 5.41) is 0.986. The Bertz CT molecular complexity index is 586. The minimum Gasteiger partial charge on any atom is -0.497 e. The molecule has 0 N–H and O–H groups in total. The smallest absolute Gasteiger partial charge is 0.185 e. The SMILES string of the molecule is COc1ccc2sc(C(=O)CS(C)=O)cc2c1.